The van der Waals surface area contributed by atoms with E-state index in [4.69, 9.17) is 10.2 Å². The van der Waals surface area contributed by atoms with Gasteiger partial charge in [-0.2, -0.15) is 0 Å². The molecule has 0 spiro atoms. The van der Waals surface area contributed by atoms with Gasteiger partial charge in [0.2, 0.25) is 0 Å². The van der Waals surface area contributed by atoms with E-state index in [1.807, 2.05) is 18.5 Å². The van der Waals surface area contributed by atoms with Gasteiger partial charge in [-0.25, -0.2) is 0 Å². The number of hydrogen-bond donors (Lipinski definition) is 3. The summed E-state index contributed by atoms with van der Waals surface area (Å²) in [5.74, 6) is -1.90. The molecule has 21 heavy (non-hydrogen) atoms. The molecule has 6 heteroatoms. The molecule has 0 saturated heterocycles. The van der Waals surface area contributed by atoms with Gasteiger partial charge in [0.05, 0.1) is 0 Å². The molecule has 0 radical (unpaired) electrons. The van der Waals surface area contributed by atoms with Gasteiger partial charge in [0.15, 0.2) is 0 Å². The van der Waals surface area contributed by atoms with Crippen LogP contribution in [0.25, 0.3) is 0 Å². The highest BCUT2D eigenvalue weighted by Gasteiger charge is 2.10. The summed E-state index contributed by atoms with van der Waals surface area (Å²) in [7, 11) is 0. The van der Waals surface area contributed by atoms with E-state index in [1.165, 1.54) is 5.56 Å². The van der Waals surface area contributed by atoms with E-state index >= 15 is 0 Å². The van der Waals surface area contributed by atoms with Crippen LogP contribution in [0.2, 0.25) is 0 Å². The third-order valence-corrected chi connectivity index (χ3v) is 2.89. The summed E-state index contributed by atoms with van der Waals surface area (Å²) in [4.78, 5) is 23.7. The van der Waals surface area contributed by atoms with Crippen molar-refractivity contribution >= 4 is 11.9 Å². The third-order valence-electron chi connectivity index (χ3n) is 2.89. The Morgan fingerprint density at radius 1 is 1.24 bits per heavy atom. The van der Waals surface area contributed by atoms with Gasteiger partial charge in [-0.1, -0.05) is 18.2 Å². The second kappa shape index (κ2) is 9.66. The van der Waals surface area contributed by atoms with Gasteiger partial charge in [0.25, 0.3) is 0 Å². The summed E-state index contributed by atoms with van der Waals surface area (Å²) < 4.78 is 0. The summed E-state index contributed by atoms with van der Waals surface area (Å²) in [5, 5.41) is 19.5. The summed E-state index contributed by atoms with van der Waals surface area (Å²) in [6.45, 7) is 0.972. The molecular weight excluding hydrogens is 272 g/mol. The van der Waals surface area contributed by atoms with Gasteiger partial charge in [0, 0.05) is 37.8 Å². The van der Waals surface area contributed by atoms with Gasteiger partial charge < -0.3 is 15.5 Å². The number of carboxylic acids is 2. The van der Waals surface area contributed by atoms with Crippen LogP contribution in [0.5, 0.6) is 0 Å². The summed E-state index contributed by atoms with van der Waals surface area (Å²) in [5.41, 5.74) is 1.28. The normalized spacial score (nSPS) is 16.7. The van der Waals surface area contributed by atoms with Crippen LogP contribution in [0.15, 0.2) is 36.7 Å². The minimum absolute atomic E-state index is 0.0632. The first-order valence-corrected chi connectivity index (χ1v) is 6.81. The molecule has 1 aliphatic heterocycles. The van der Waals surface area contributed by atoms with Crippen molar-refractivity contribution in [2.45, 2.75) is 31.7 Å². The number of nitrogens with one attached hydrogen (secondary N) is 1. The van der Waals surface area contributed by atoms with Crippen LogP contribution >= 0.6 is 0 Å². The van der Waals surface area contributed by atoms with Crippen molar-refractivity contribution in [1.29, 1.82) is 0 Å². The van der Waals surface area contributed by atoms with Crippen molar-refractivity contribution in [3.8, 4) is 0 Å². The number of rotatable bonds is 5. The highest BCUT2D eigenvalue weighted by atomic mass is 16.4. The molecule has 2 rings (SSSR count). The van der Waals surface area contributed by atoms with Crippen LogP contribution in [0, 0.1) is 0 Å². The van der Waals surface area contributed by atoms with Gasteiger partial charge in [-0.3, -0.25) is 14.6 Å². The smallest absolute Gasteiger partial charge is 0.303 e. The summed E-state index contributed by atoms with van der Waals surface area (Å²) in [6.07, 6.45) is 9.27. The first kappa shape index (κ1) is 16.8. The van der Waals surface area contributed by atoms with Crippen LogP contribution in [0.1, 0.15) is 37.3 Å². The number of pyridine rings is 1. The highest BCUT2D eigenvalue weighted by Crippen LogP contribution is 2.17. The zero-order chi connectivity index (χ0) is 15.5. The lowest BCUT2D eigenvalue weighted by Gasteiger charge is -2.19. The van der Waals surface area contributed by atoms with Crippen molar-refractivity contribution in [3.05, 3.63) is 42.2 Å². The number of nitrogens with zero attached hydrogens (tertiary/aromatic N) is 1. The Morgan fingerprint density at radius 3 is 2.43 bits per heavy atom. The maximum atomic E-state index is 9.79. The predicted molar refractivity (Wildman–Crippen MR) is 77.9 cm³/mol. The molecule has 0 amide bonds. The zero-order valence-corrected chi connectivity index (χ0v) is 11.7. The lowest BCUT2D eigenvalue weighted by atomic mass is 10.0. The first-order chi connectivity index (χ1) is 10.1. The van der Waals surface area contributed by atoms with E-state index in [1.54, 1.807) is 0 Å². The molecule has 3 N–H and O–H groups in total. The molecule has 114 valence electrons. The van der Waals surface area contributed by atoms with Gasteiger partial charge in [-0.15, -0.1) is 0 Å². The van der Waals surface area contributed by atoms with E-state index in [-0.39, 0.29) is 19.3 Å². The van der Waals surface area contributed by atoms with E-state index in [0.717, 1.165) is 13.0 Å². The monoisotopic (exact) mass is 292 g/mol. The van der Waals surface area contributed by atoms with Gasteiger partial charge in [0.1, 0.15) is 0 Å². The zero-order valence-electron chi connectivity index (χ0n) is 11.7. The minimum Gasteiger partial charge on any atom is -0.481 e. The predicted octanol–water partition coefficient (Wildman–Crippen LogP) is 2.00. The van der Waals surface area contributed by atoms with E-state index < -0.39 is 11.9 Å². The number of carboxylic acid groups (broad SMARTS) is 2. The Hall–Kier alpha value is -2.21. The Morgan fingerprint density at radius 2 is 1.95 bits per heavy atom. The lowest BCUT2D eigenvalue weighted by molar-refractivity contribution is -0.138. The van der Waals surface area contributed by atoms with Crippen molar-refractivity contribution in [3.63, 3.8) is 0 Å². The summed E-state index contributed by atoms with van der Waals surface area (Å²) in [6, 6.07) is 4.56. The van der Waals surface area contributed by atoms with Crippen molar-refractivity contribution in [2.24, 2.45) is 0 Å². The Balaban J connectivity index is 0.000000222. The van der Waals surface area contributed by atoms with Crippen LogP contribution < -0.4 is 5.32 Å². The van der Waals surface area contributed by atoms with Gasteiger partial charge >= 0.3 is 11.9 Å². The third kappa shape index (κ3) is 7.84. The lowest BCUT2D eigenvalue weighted by Crippen LogP contribution is -2.23. The Kier molecular flexibility index (Phi) is 7.74. The van der Waals surface area contributed by atoms with Crippen LogP contribution in [0.4, 0.5) is 0 Å². The number of hydrogen-bond acceptors (Lipinski definition) is 4. The average molecular weight is 292 g/mol. The minimum atomic E-state index is -0.948. The molecule has 6 nitrogen and oxygen atoms in total. The molecule has 1 aromatic rings. The fraction of sp³-hybridized carbons (Fsp3) is 0.400. The second-order valence-electron chi connectivity index (χ2n) is 4.60. The van der Waals surface area contributed by atoms with Crippen LogP contribution in [0.3, 0.4) is 0 Å². The number of carbonyl (C=O) groups is 2. The number of aliphatic carboxylic acids is 2. The molecule has 1 atom stereocenters. The largest absolute Gasteiger partial charge is 0.481 e. The Labute approximate surface area is 123 Å². The molecule has 0 saturated carbocycles. The molecule has 1 aromatic heterocycles. The standard InChI is InChI=1S/C10H12N2.C5H8O4/c1-2-7-12-10(5-1)9-4-3-6-11-8-9;6-4(7)2-1-3-5(8)9/h1-4,6,8,10,12H,5,7H2;1-3H2,(H,6,7)(H,8,9)/t10-;/m0./s1. The molecule has 0 aromatic carbocycles. The SMILES string of the molecule is C1=CC[C@@H](c2cccnc2)NC1.O=C(O)CCCC(=O)O. The van der Waals surface area contributed by atoms with Crippen molar-refractivity contribution in [1.82, 2.24) is 10.3 Å². The molecular formula is C15H20N2O4. The van der Waals surface area contributed by atoms with Crippen molar-refractivity contribution < 1.29 is 19.8 Å². The maximum absolute atomic E-state index is 9.79. The highest BCUT2D eigenvalue weighted by molar-refractivity contribution is 5.69. The fourth-order valence-corrected chi connectivity index (χ4v) is 1.84. The van der Waals surface area contributed by atoms with E-state index in [2.05, 4.69) is 28.5 Å². The summed E-state index contributed by atoms with van der Waals surface area (Å²) >= 11 is 0. The molecule has 0 fully saturated rings. The van der Waals surface area contributed by atoms with E-state index in [9.17, 15) is 9.59 Å². The Bertz CT molecular complexity index is 460. The van der Waals surface area contributed by atoms with Crippen LogP contribution in [-0.2, 0) is 9.59 Å². The molecule has 2 heterocycles. The second-order valence-corrected chi connectivity index (χ2v) is 4.60. The molecule has 1 aliphatic rings. The molecule has 0 unspecified atom stereocenters. The average Bonchev–Trinajstić information content (AvgIpc) is 2.49. The molecule has 0 aliphatic carbocycles. The van der Waals surface area contributed by atoms with E-state index in [0.29, 0.717) is 6.04 Å². The topological polar surface area (TPSA) is 99.5 Å². The van der Waals surface area contributed by atoms with Crippen LogP contribution in [-0.4, -0.2) is 33.7 Å². The maximum Gasteiger partial charge on any atom is 0.303 e. The van der Waals surface area contributed by atoms with Crippen molar-refractivity contribution in [2.75, 3.05) is 6.54 Å². The fourth-order valence-electron chi connectivity index (χ4n) is 1.84. The number of aromatic nitrogens is 1. The first-order valence-electron chi connectivity index (χ1n) is 6.81. The quantitative estimate of drug-likeness (QED) is 0.718. The molecule has 0 bridgehead atoms. The van der Waals surface area contributed by atoms with Gasteiger partial charge in [-0.05, 0) is 24.5 Å².